The van der Waals surface area contributed by atoms with Crippen LogP contribution < -0.4 is 5.32 Å². The van der Waals surface area contributed by atoms with E-state index in [1.807, 2.05) is 0 Å². The minimum atomic E-state index is -0.381. The molecule has 8 heteroatoms. The Morgan fingerprint density at radius 3 is 2.86 bits per heavy atom. The number of halogens is 2. The second-order valence-corrected chi connectivity index (χ2v) is 8.94. The van der Waals surface area contributed by atoms with Gasteiger partial charge in [0.1, 0.15) is 10.8 Å². The van der Waals surface area contributed by atoms with E-state index in [-0.39, 0.29) is 23.4 Å². The van der Waals surface area contributed by atoms with Gasteiger partial charge in [0.05, 0.1) is 17.9 Å². The fourth-order valence-electron chi connectivity index (χ4n) is 3.13. The van der Waals surface area contributed by atoms with Crippen LogP contribution in [0.4, 0.5) is 9.39 Å². The van der Waals surface area contributed by atoms with Gasteiger partial charge in [-0.05, 0) is 55.9 Å². The number of thiophene rings is 1. The highest BCUT2D eigenvalue weighted by Gasteiger charge is 2.27. The molecule has 0 saturated heterocycles. The second-order valence-electron chi connectivity index (χ2n) is 6.41. The monoisotopic (exact) mass is 441 g/mol. The number of anilines is 1. The van der Waals surface area contributed by atoms with Gasteiger partial charge in [0.15, 0.2) is 0 Å². The molecule has 1 aliphatic rings. The van der Waals surface area contributed by atoms with Crippen LogP contribution in [-0.4, -0.2) is 24.2 Å². The first-order valence-corrected chi connectivity index (χ1v) is 11.5. The highest BCUT2D eigenvalue weighted by molar-refractivity contribution is 7.99. The number of fused-ring (bicyclic) bond motifs is 1. The smallest absolute Gasteiger partial charge is 0.341 e. The van der Waals surface area contributed by atoms with Crippen molar-refractivity contribution in [1.29, 1.82) is 0 Å². The fraction of sp³-hybridized carbons (Fsp3) is 0.400. The van der Waals surface area contributed by atoms with Crippen LogP contribution in [0.1, 0.15) is 46.1 Å². The molecule has 0 aliphatic heterocycles. The third-order valence-electron chi connectivity index (χ3n) is 4.41. The first kappa shape index (κ1) is 21.1. The van der Waals surface area contributed by atoms with E-state index in [1.165, 1.54) is 29.2 Å². The lowest BCUT2D eigenvalue weighted by Gasteiger charge is -2.12. The summed E-state index contributed by atoms with van der Waals surface area (Å²) >= 11 is 8.52. The van der Waals surface area contributed by atoms with Gasteiger partial charge < -0.3 is 10.1 Å². The summed E-state index contributed by atoms with van der Waals surface area (Å²) in [5.74, 6) is -0.456. The van der Waals surface area contributed by atoms with Gasteiger partial charge in [0.2, 0.25) is 5.91 Å². The van der Waals surface area contributed by atoms with Gasteiger partial charge in [-0.2, -0.15) is 0 Å². The molecule has 0 atom stereocenters. The van der Waals surface area contributed by atoms with Crippen molar-refractivity contribution in [2.45, 2.75) is 38.4 Å². The van der Waals surface area contributed by atoms with E-state index in [0.717, 1.165) is 36.1 Å². The van der Waals surface area contributed by atoms with Crippen molar-refractivity contribution in [3.8, 4) is 0 Å². The molecule has 0 unspecified atom stereocenters. The fourth-order valence-corrected chi connectivity index (χ4v) is 5.39. The van der Waals surface area contributed by atoms with E-state index in [1.54, 1.807) is 19.1 Å². The number of carbonyl (C=O) groups excluding carboxylic acids is 2. The van der Waals surface area contributed by atoms with Crippen molar-refractivity contribution in [3.05, 3.63) is 50.6 Å². The van der Waals surface area contributed by atoms with E-state index in [4.69, 9.17) is 16.3 Å². The maximum absolute atomic E-state index is 13.8. The topological polar surface area (TPSA) is 55.4 Å². The summed E-state index contributed by atoms with van der Waals surface area (Å²) in [6, 6.07) is 4.51. The predicted octanol–water partition coefficient (Wildman–Crippen LogP) is 5.47. The third-order valence-corrected chi connectivity index (χ3v) is 6.83. The molecule has 1 heterocycles. The Bertz CT molecular complexity index is 885. The number of ether oxygens (including phenoxy) is 1. The number of carbonyl (C=O) groups is 2. The molecule has 1 amide bonds. The quantitative estimate of drug-likeness (QED) is 0.579. The minimum absolute atomic E-state index is 0.160. The maximum atomic E-state index is 13.8. The molecule has 1 aromatic heterocycles. The summed E-state index contributed by atoms with van der Waals surface area (Å²) in [4.78, 5) is 26.0. The number of amides is 1. The number of hydrogen-bond acceptors (Lipinski definition) is 5. The number of esters is 1. The molecule has 0 fully saturated rings. The maximum Gasteiger partial charge on any atom is 0.341 e. The zero-order valence-corrected chi connectivity index (χ0v) is 17.9. The summed E-state index contributed by atoms with van der Waals surface area (Å²) in [6.45, 7) is 2.06. The molecule has 0 bridgehead atoms. The average molecular weight is 442 g/mol. The van der Waals surface area contributed by atoms with Crippen molar-refractivity contribution < 1.29 is 18.7 Å². The molecule has 2 aromatic rings. The molecule has 4 nitrogen and oxygen atoms in total. The van der Waals surface area contributed by atoms with Crippen molar-refractivity contribution in [3.63, 3.8) is 0 Å². The van der Waals surface area contributed by atoms with Crippen LogP contribution in [0.3, 0.4) is 0 Å². The number of thioether (sulfide) groups is 1. The molecule has 0 radical (unpaired) electrons. The summed E-state index contributed by atoms with van der Waals surface area (Å²) in [6.07, 6.45) is 3.88. The molecule has 1 N–H and O–H groups in total. The average Bonchev–Trinajstić information content (AvgIpc) is 3.01. The van der Waals surface area contributed by atoms with Crippen LogP contribution in [0.5, 0.6) is 0 Å². The summed E-state index contributed by atoms with van der Waals surface area (Å²) in [5, 5.41) is 3.77. The number of hydrogen-bond donors (Lipinski definition) is 1. The van der Waals surface area contributed by atoms with Crippen molar-refractivity contribution in [2.75, 3.05) is 17.7 Å². The molecule has 1 aromatic carbocycles. The normalized spacial score (nSPS) is 13.1. The lowest BCUT2D eigenvalue weighted by Crippen LogP contribution is -2.17. The SMILES string of the molecule is CCOC(=O)c1c(NC(=O)CSCc2ccc(Cl)cc2F)sc2c1CCCC2. The highest BCUT2D eigenvalue weighted by atomic mass is 35.5. The summed E-state index contributed by atoms with van der Waals surface area (Å²) in [5.41, 5.74) is 2.02. The van der Waals surface area contributed by atoms with Gasteiger partial charge in [-0.15, -0.1) is 23.1 Å². The molecular formula is C20H21ClFNO3S2. The molecule has 3 rings (SSSR count). The van der Waals surface area contributed by atoms with E-state index in [0.29, 0.717) is 33.5 Å². The second kappa shape index (κ2) is 9.76. The highest BCUT2D eigenvalue weighted by Crippen LogP contribution is 2.38. The molecule has 28 heavy (non-hydrogen) atoms. The number of aryl methyl sites for hydroxylation is 1. The molecule has 150 valence electrons. The molecule has 0 spiro atoms. The van der Waals surface area contributed by atoms with Gasteiger partial charge in [-0.25, -0.2) is 9.18 Å². The van der Waals surface area contributed by atoms with Crippen molar-refractivity contribution >= 4 is 51.6 Å². The van der Waals surface area contributed by atoms with Crippen LogP contribution >= 0.6 is 34.7 Å². The number of nitrogens with one attached hydrogen (secondary N) is 1. The Morgan fingerprint density at radius 2 is 2.11 bits per heavy atom. The Morgan fingerprint density at radius 1 is 1.32 bits per heavy atom. The lowest BCUT2D eigenvalue weighted by atomic mass is 9.95. The molecular weight excluding hydrogens is 421 g/mol. The Balaban J connectivity index is 1.64. The van der Waals surface area contributed by atoms with E-state index in [9.17, 15) is 14.0 Å². The van der Waals surface area contributed by atoms with Crippen LogP contribution in [0.15, 0.2) is 18.2 Å². The number of rotatable bonds is 7. The third kappa shape index (κ3) is 5.07. The first-order valence-electron chi connectivity index (χ1n) is 9.12. The first-order chi connectivity index (χ1) is 13.5. The largest absolute Gasteiger partial charge is 0.462 e. The Hall–Kier alpha value is -1.57. The van der Waals surface area contributed by atoms with Crippen LogP contribution in [0.2, 0.25) is 5.02 Å². The van der Waals surface area contributed by atoms with Crippen molar-refractivity contribution in [1.82, 2.24) is 0 Å². The van der Waals surface area contributed by atoms with E-state index < -0.39 is 0 Å². The van der Waals surface area contributed by atoms with Gasteiger partial charge in [-0.3, -0.25) is 4.79 Å². The summed E-state index contributed by atoms with van der Waals surface area (Å²) in [7, 11) is 0. The van der Waals surface area contributed by atoms with Crippen molar-refractivity contribution in [2.24, 2.45) is 0 Å². The molecule has 0 saturated carbocycles. The van der Waals surface area contributed by atoms with Gasteiger partial charge in [0.25, 0.3) is 0 Å². The Kier molecular flexibility index (Phi) is 7.37. The predicted molar refractivity (Wildman–Crippen MR) is 113 cm³/mol. The van der Waals surface area contributed by atoms with Crippen LogP contribution in [0, 0.1) is 5.82 Å². The molecule has 1 aliphatic carbocycles. The minimum Gasteiger partial charge on any atom is -0.462 e. The van der Waals surface area contributed by atoms with E-state index >= 15 is 0 Å². The zero-order valence-electron chi connectivity index (χ0n) is 15.5. The van der Waals surface area contributed by atoms with Gasteiger partial charge in [-0.1, -0.05) is 17.7 Å². The Labute approximate surface area is 176 Å². The van der Waals surface area contributed by atoms with E-state index in [2.05, 4.69) is 5.32 Å². The van der Waals surface area contributed by atoms with Gasteiger partial charge in [0, 0.05) is 15.7 Å². The standard InChI is InChI=1S/C20H21ClFNO3S2/c1-2-26-20(25)18-14-5-3-4-6-16(14)28-19(18)23-17(24)11-27-10-12-7-8-13(21)9-15(12)22/h7-9H,2-6,10-11H2,1H3,(H,23,24). The van der Waals surface area contributed by atoms with Crippen LogP contribution in [-0.2, 0) is 28.1 Å². The van der Waals surface area contributed by atoms with Gasteiger partial charge >= 0.3 is 5.97 Å². The number of benzene rings is 1. The van der Waals surface area contributed by atoms with Crippen LogP contribution in [0.25, 0.3) is 0 Å². The summed E-state index contributed by atoms with van der Waals surface area (Å²) < 4.78 is 19.0. The lowest BCUT2D eigenvalue weighted by molar-refractivity contribution is -0.113. The zero-order chi connectivity index (χ0) is 20.1.